The van der Waals surface area contributed by atoms with Gasteiger partial charge in [0.1, 0.15) is 23.0 Å². The maximum Gasteiger partial charge on any atom is 0.309 e. The molecule has 672 valence electrons. The van der Waals surface area contributed by atoms with Gasteiger partial charge in [0.15, 0.2) is 0 Å². The highest BCUT2D eigenvalue weighted by Crippen LogP contribution is 2.55. The first-order chi connectivity index (χ1) is 57.4. The number of phenolic OH excluding ortho intramolecular Hbond substituents is 4. The summed E-state index contributed by atoms with van der Waals surface area (Å²) in [6.45, 7) is 18.8. The molecule has 8 fully saturated rings. The molecule has 0 bridgehead atoms. The number of aryl methyl sites for hydroxylation is 6. The van der Waals surface area contributed by atoms with Crippen LogP contribution in [0.5, 0.6) is 23.0 Å². The summed E-state index contributed by atoms with van der Waals surface area (Å²) in [4.78, 5) is 45.0. The van der Waals surface area contributed by atoms with Crippen molar-refractivity contribution in [3.63, 3.8) is 0 Å². The van der Waals surface area contributed by atoms with Crippen LogP contribution < -0.4 is 0 Å². The van der Waals surface area contributed by atoms with E-state index in [0.717, 1.165) is 202 Å². The van der Waals surface area contributed by atoms with E-state index in [9.17, 15) is 60.0 Å². The Kier molecular flexibility index (Phi) is 38.1. The Morgan fingerprint density at radius 2 is 0.483 bits per heavy atom. The van der Waals surface area contributed by atoms with E-state index in [1.165, 1.54) is 259 Å². The number of rotatable bonds is 60. The van der Waals surface area contributed by atoms with E-state index in [-0.39, 0.29) is 22.3 Å². The minimum absolute atomic E-state index is 0.149. The predicted molar refractivity (Wildman–Crippen MR) is 492 cm³/mol. The summed E-state index contributed by atoms with van der Waals surface area (Å²) in [7, 11) is 0. The average Bonchev–Trinajstić information content (AvgIpc) is 1.64. The molecule has 0 amide bonds. The third-order valence-electron chi connectivity index (χ3n) is 31.1. The smallest absolute Gasteiger partial charge is 0.309 e. The molecule has 8 aliphatic rings. The van der Waals surface area contributed by atoms with Crippen LogP contribution in [-0.4, -0.2) is 64.7 Å². The van der Waals surface area contributed by atoms with Crippen LogP contribution in [0.3, 0.4) is 0 Å². The zero-order valence-electron chi connectivity index (χ0n) is 77.1. The van der Waals surface area contributed by atoms with Gasteiger partial charge in [-0.1, -0.05) is 212 Å². The number of aliphatic carboxylic acids is 4. The molecular formula is C108H168O12. The van der Waals surface area contributed by atoms with Crippen LogP contribution in [0.25, 0.3) is 0 Å². The van der Waals surface area contributed by atoms with Gasteiger partial charge in [0.05, 0.1) is 21.7 Å². The van der Waals surface area contributed by atoms with Crippen molar-refractivity contribution >= 4 is 23.9 Å². The molecule has 0 heterocycles. The number of carboxylic acid groups (broad SMARTS) is 4. The molecule has 120 heavy (non-hydrogen) atoms. The van der Waals surface area contributed by atoms with Gasteiger partial charge >= 0.3 is 23.9 Å². The predicted octanol–water partition coefficient (Wildman–Crippen LogP) is 29.4. The molecule has 4 aromatic carbocycles. The van der Waals surface area contributed by atoms with Crippen LogP contribution in [0.4, 0.5) is 0 Å². The van der Waals surface area contributed by atoms with Crippen LogP contribution in [0.2, 0.25) is 0 Å². The van der Waals surface area contributed by atoms with Gasteiger partial charge in [0, 0.05) is 17.2 Å². The quantitative estimate of drug-likeness (QED) is 0.0152. The molecule has 0 atom stereocenters. The fourth-order valence-electron chi connectivity index (χ4n) is 19.8. The molecule has 8 N–H and O–H groups in total. The molecule has 0 aromatic heterocycles. The lowest BCUT2D eigenvalue weighted by molar-refractivity contribution is -0.144. The van der Waals surface area contributed by atoms with Crippen LogP contribution in [-0.2, 0) is 70.5 Å². The van der Waals surface area contributed by atoms with Crippen LogP contribution in [0, 0.1) is 71.0 Å². The number of benzene rings is 4. The lowest BCUT2D eigenvalue weighted by Gasteiger charge is -2.16. The van der Waals surface area contributed by atoms with E-state index in [0.29, 0.717) is 33.2 Å². The summed E-state index contributed by atoms with van der Waals surface area (Å²) < 4.78 is 0. The van der Waals surface area contributed by atoms with Crippen molar-refractivity contribution < 1.29 is 60.0 Å². The molecule has 0 unspecified atom stereocenters. The first-order valence-electron chi connectivity index (χ1n) is 49.5. The van der Waals surface area contributed by atoms with Crippen molar-refractivity contribution in [3.8, 4) is 23.0 Å². The van der Waals surface area contributed by atoms with E-state index in [4.69, 9.17) is 0 Å². The first kappa shape index (κ1) is 97.8. The van der Waals surface area contributed by atoms with E-state index in [2.05, 4.69) is 79.7 Å². The largest absolute Gasteiger partial charge is 0.508 e. The Balaban J connectivity index is 0.000000182. The number of hydrogen-bond acceptors (Lipinski definition) is 8. The zero-order valence-corrected chi connectivity index (χ0v) is 77.1. The SMILES string of the molecule is CC1(CCCCCCc2c(O)ccc(O)c2CCCCCCC2(C(=O)O)CC2)CC1.CC1(CCCCCCc2cc(O)cc(O)c2CCCCCCC2(C(=O)O)CC2)CC1.Cc1cc(C)c(CCCCCCC2(C(=O)O)CC2)c(CCCCCCC2(C)CC2)c1.Cc1ccc(C)c(CCCCCCC2(C(=O)O)CC2)c1CCCCCCC1(C)CC1. The Bertz CT molecular complexity index is 3590. The standard InChI is InChI=1S/2C28H44O2.2C26H40O4/c1-22-14-15-23(2)25(13-9-5-7-11-17-28(20-21-28)26(29)30)24(22)12-8-4-6-10-16-27(3)18-19-27;1-22-20-23(2)25(13-9-5-7-11-15-28(18-19-28)26(29)30)24(21-22)12-8-4-6-10-14-27(3)16-17-27;1-25(16-17-25)14-8-4-2-6-10-20-21(23(28)13-12-22(20)27)11-7-3-5-9-15-26(18-19-26)24(29)30;1-25(14-15-25)12-8-4-2-6-10-20-18-21(27)19-23(28)22(20)11-7-3-5-9-13-26(16-17-26)24(29)30/h14-15H,4-13,16-21H2,1-3H3,(H,29,30);20-21H,4-19H2,1-3H3,(H,29,30);12-13,27-28H,2-11,14-19H2,1H3,(H,29,30);18-19,27-28H,2-17H2,1H3,(H,29,30). The summed E-state index contributed by atoms with van der Waals surface area (Å²) >= 11 is 0. The number of unbranched alkanes of at least 4 members (excludes halogenated alkanes) is 24. The molecule has 8 saturated carbocycles. The Hall–Kier alpha value is -6.04. The third kappa shape index (κ3) is 33.1. The number of carboxylic acids is 4. The van der Waals surface area contributed by atoms with Crippen LogP contribution in [0.15, 0.2) is 48.5 Å². The van der Waals surface area contributed by atoms with Gasteiger partial charge < -0.3 is 40.9 Å². The number of carbonyl (C=O) groups is 4. The van der Waals surface area contributed by atoms with Gasteiger partial charge in [-0.25, -0.2) is 0 Å². The maximum absolute atomic E-state index is 11.3. The van der Waals surface area contributed by atoms with E-state index in [1.54, 1.807) is 34.4 Å². The topological polar surface area (TPSA) is 230 Å². The molecule has 8 aliphatic carbocycles. The van der Waals surface area contributed by atoms with Crippen LogP contribution >= 0.6 is 0 Å². The molecule has 0 aliphatic heterocycles. The average molecular weight is 1660 g/mol. The lowest BCUT2D eigenvalue weighted by atomic mass is 9.89. The van der Waals surface area contributed by atoms with Crippen LogP contribution in [0.1, 0.15) is 454 Å². The molecule has 12 nitrogen and oxygen atoms in total. The molecule has 0 radical (unpaired) electrons. The second kappa shape index (κ2) is 46.8. The number of aromatic hydroxyl groups is 4. The fraction of sp³-hybridized carbons (Fsp3) is 0.741. The summed E-state index contributed by atoms with van der Waals surface area (Å²) in [5.74, 6) is -1.40. The minimum Gasteiger partial charge on any atom is -0.508 e. The minimum atomic E-state index is -0.626. The van der Waals surface area contributed by atoms with Crippen molar-refractivity contribution in [1.82, 2.24) is 0 Å². The zero-order chi connectivity index (χ0) is 86.5. The fourth-order valence-corrected chi connectivity index (χ4v) is 19.8. The van der Waals surface area contributed by atoms with Crippen molar-refractivity contribution in [1.29, 1.82) is 0 Å². The molecule has 12 heteroatoms. The molecule has 0 saturated heterocycles. The summed E-state index contributed by atoms with van der Waals surface area (Å²) in [5.41, 5.74) is 17.3. The first-order valence-corrected chi connectivity index (χ1v) is 49.5. The second-order valence-corrected chi connectivity index (χ2v) is 42.4. The molecule has 4 aromatic rings. The van der Waals surface area contributed by atoms with E-state index in [1.807, 2.05) is 6.07 Å². The third-order valence-corrected chi connectivity index (χ3v) is 31.1. The van der Waals surface area contributed by atoms with E-state index >= 15 is 0 Å². The summed E-state index contributed by atoms with van der Waals surface area (Å²) in [5, 5.41) is 78.1. The van der Waals surface area contributed by atoms with Crippen molar-refractivity contribution in [2.24, 2.45) is 43.3 Å². The number of hydrogen-bond donors (Lipinski definition) is 8. The monoisotopic (exact) mass is 1660 g/mol. The van der Waals surface area contributed by atoms with E-state index < -0.39 is 34.7 Å². The molecular weight excluding hydrogens is 1490 g/mol. The summed E-state index contributed by atoms with van der Waals surface area (Å²) in [6.07, 6.45) is 73.6. The molecule has 0 spiro atoms. The highest BCUT2D eigenvalue weighted by Gasteiger charge is 2.52. The second-order valence-electron chi connectivity index (χ2n) is 42.4. The lowest BCUT2D eigenvalue weighted by Crippen LogP contribution is -2.14. The van der Waals surface area contributed by atoms with Crippen molar-refractivity contribution in [2.45, 2.75) is 466 Å². The normalized spacial score (nSPS) is 18.3. The summed E-state index contributed by atoms with van der Waals surface area (Å²) in [6, 6.07) is 15.9. The van der Waals surface area contributed by atoms with Gasteiger partial charge in [-0.05, 0) is 374 Å². The van der Waals surface area contributed by atoms with Crippen molar-refractivity contribution in [2.75, 3.05) is 0 Å². The highest BCUT2D eigenvalue weighted by atomic mass is 16.4. The number of phenols is 4. The van der Waals surface area contributed by atoms with Gasteiger partial charge in [0.2, 0.25) is 0 Å². The Morgan fingerprint density at radius 1 is 0.242 bits per heavy atom. The molecule has 12 rings (SSSR count). The van der Waals surface area contributed by atoms with Gasteiger partial charge in [-0.3, -0.25) is 19.2 Å². The highest BCUT2D eigenvalue weighted by molar-refractivity contribution is 5.79. The van der Waals surface area contributed by atoms with Crippen molar-refractivity contribution in [3.05, 3.63) is 115 Å². The van der Waals surface area contributed by atoms with Gasteiger partial charge in [-0.2, -0.15) is 0 Å². The Morgan fingerprint density at radius 3 is 0.758 bits per heavy atom. The van der Waals surface area contributed by atoms with Gasteiger partial charge in [0.25, 0.3) is 0 Å². The van der Waals surface area contributed by atoms with Gasteiger partial charge in [-0.15, -0.1) is 0 Å². The maximum atomic E-state index is 11.3. The Labute approximate surface area is 727 Å².